The molecule has 1 aromatic carbocycles. The van der Waals surface area contributed by atoms with Gasteiger partial charge in [-0.15, -0.1) is 0 Å². The van der Waals surface area contributed by atoms with Gasteiger partial charge >= 0.3 is 0 Å². The summed E-state index contributed by atoms with van der Waals surface area (Å²) in [5.74, 6) is -0.0100. The summed E-state index contributed by atoms with van der Waals surface area (Å²) in [5, 5.41) is 12.2. The molecule has 2 N–H and O–H groups in total. The number of nitrogens with one attached hydrogen (secondary N) is 1. The van der Waals surface area contributed by atoms with E-state index in [2.05, 4.69) is 28.2 Å². The van der Waals surface area contributed by atoms with Crippen molar-refractivity contribution in [2.75, 3.05) is 25.0 Å². The van der Waals surface area contributed by atoms with E-state index in [4.69, 9.17) is 0 Å². The lowest BCUT2D eigenvalue weighted by atomic mass is 10.1. The standard InChI is InChI=1S/C14H21BrN2O2/c1-4-7-17(9-14(19)16-3)11-5-6-12(10(2)18)13(15)8-11/h5-6,8,10,18H,4,7,9H2,1-3H3,(H,16,19)/t10-/m1/s1. The second-order valence-corrected chi connectivity index (χ2v) is 5.33. The molecule has 5 heteroatoms. The number of carbonyl (C=O) groups excluding carboxylic acids is 1. The fourth-order valence-corrected chi connectivity index (χ4v) is 2.57. The van der Waals surface area contributed by atoms with Crippen molar-refractivity contribution in [3.8, 4) is 0 Å². The van der Waals surface area contributed by atoms with E-state index < -0.39 is 6.10 Å². The van der Waals surface area contributed by atoms with Crippen LogP contribution in [0.15, 0.2) is 22.7 Å². The number of aliphatic hydroxyl groups is 1. The van der Waals surface area contributed by atoms with Crippen LogP contribution in [0.5, 0.6) is 0 Å². The molecule has 0 bridgehead atoms. The predicted molar refractivity (Wildman–Crippen MR) is 81.3 cm³/mol. The second-order valence-electron chi connectivity index (χ2n) is 4.48. The number of anilines is 1. The van der Waals surface area contributed by atoms with Crippen molar-refractivity contribution < 1.29 is 9.90 Å². The van der Waals surface area contributed by atoms with E-state index in [0.717, 1.165) is 28.7 Å². The van der Waals surface area contributed by atoms with Gasteiger partial charge in [-0.1, -0.05) is 28.9 Å². The molecule has 0 unspecified atom stereocenters. The highest BCUT2D eigenvalue weighted by Gasteiger charge is 2.13. The Hall–Kier alpha value is -1.07. The van der Waals surface area contributed by atoms with E-state index in [0.29, 0.717) is 6.54 Å². The van der Waals surface area contributed by atoms with Crippen LogP contribution in [-0.2, 0) is 4.79 Å². The van der Waals surface area contributed by atoms with E-state index in [-0.39, 0.29) is 5.91 Å². The smallest absolute Gasteiger partial charge is 0.239 e. The molecule has 106 valence electrons. The molecule has 0 fully saturated rings. The minimum Gasteiger partial charge on any atom is -0.389 e. The topological polar surface area (TPSA) is 52.6 Å². The van der Waals surface area contributed by atoms with Gasteiger partial charge in [0.2, 0.25) is 5.91 Å². The molecule has 0 heterocycles. The predicted octanol–water partition coefficient (Wildman–Crippen LogP) is 2.46. The Bertz CT molecular complexity index is 435. The van der Waals surface area contributed by atoms with Gasteiger partial charge in [-0.3, -0.25) is 4.79 Å². The van der Waals surface area contributed by atoms with Crippen molar-refractivity contribution in [1.29, 1.82) is 0 Å². The average Bonchev–Trinajstić information content (AvgIpc) is 2.37. The van der Waals surface area contributed by atoms with Crippen molar-refractivity contribution in [2.24, 2.45) is 0 Å². The zero-order chi connectivity index (χ0) is 14.4. The summed E-state index contributed by atoms with van der Waals surface area (Å²) in [4.78, 5) is 13.5. The first kappa shape index (κ1) is 16.0. The van der Waals surface area contributed by atoms with Gasteiger partial charge in [0.1, 0.15) is 0 Å². The number of halogens is 1. The van der Waals surface area contributed by atoms with Gasteiger partial charge in [-0.25, -0.2) is 0 Å². The Labute approximate surface area is 122 Å². The van der Waals surface area contributed by atoms with Crippen LogP contribution < -0.4 is 10.2 Å². The van der Waals surface area contributed by atoms with Crippen LogP contribution in [0.2, 0.25) is 0 Å². The molecule has 1 rings (SSSR count). The quantitative estimate of drug-likeness (QED) is 0.843. The summed E-state index contributed by atoms with van der Waals surface area (Å²) in [7, 11) is 1.64. The number of likely N-dealkylation sites (N-methyl/N-ethyl adjacent to an activating group) is 1. The number of nitrogens with zero attached hydrogens (tertiary/aromatic N) is 1. The number of hydrogen-bond donors (Lipinski definition) is 2. The fourth-order valence-electron chi connectivity index (χ4n) is 1.87. The SMILES string of the molecule is CCCN(CC(=O)NC)c1ccc([C@@H](C)O)c(Br)c1. The van der Waals surface area contributed by atoms with Crippen molar-refractivity contribution in [2.45, 2.75) is 26.4 Å². The lowest BCUT2D eigenvalue weighted by Crippen LogP contribution is -2.36. The molecule has 0 saturated heterocycles. The number of hydrogen-bond acceptors (Lipinski definition) is 3. The van der Waals surface area contributed by atoms with Crippen LogP contribution in [0, 0.1) is 0 Å². The zero-order valence-electron chi connectivity index (χ0n) is 11.6. The zero-order valence-corrected chi connectivity index (χ0v) is 13.2. The summed E-state index contributed by atoms with van der Waals surface area (Å²) in [6.45, 7) is 4.96. The van der Waals surface area contributed by atoms with E-state index in [1.54, 1.807) is 14.0 Å². The monoisotopic (exact) mass is 328 g/mol. The molecular weight excluding hydrogens is 308 g/mol. The third-order valence-corrected chi connectivity index (χ3v) is 3.59. The van der Waals surface area contributed by atoms with E-state index in [1.165, 1.54) is 0 Å². The maximum atomic E-state index is 11.5. The third-order valence-electron chi connectivity index (χ3n) is 2.91. The molecule has 0 radical (unpaired) electrons. The first-order valence-electron chi connectivity index (χ1n) is 6.42. The molecule has 0 aliphatic rings. The van der Waals surface area contributed by atoms with Crippen molar-refractivity contribution in [3.63, 3.8) is 0 Å². The molecule has 19 heavy (non-hydrogen) atoms. The number of rotatable bonds is 6. The Balaban J connectivity index is 2.96. The minimum atomic E-state index is -0.512. The van der Waals surface area contributed by atoms with Gasteiger partial charge in [-0.2, -0.15) is 0 Å². The largest absolute Gasteiger partial charge is 0.389 e. The Morgan fingerprint density at radius 2 is 2.21 bits per heavy atom. The van der Waals surface area contributed by atoms with Crippen LogP contribution in [-0.4, -0.2) is 31.2 Å². The molecule has 1 atom stereocenters. The van der Waals surface area contributed by atoms with Gasteiger partial charge in [0.15, 0.2) is 0 Å². The van der Waals surface area contributed by atoms with Crippen LogP contribution in [0.1, 0.15) is 31.9 Å². The minimum absolute atomic E-state index is 0.0100. The van der Waals surface area contributed by atoms with Crippen molar-refractivity contribution in [3.05, 3.63) is 28.2 Å². The third kappa shape index (κ3) is 4.51. The Kier molecular flexibility index (Phi) is 6.31. The van der Waals surface area contributed by atoms with Gasteiger partial charge in [-0.05, 0) is 31.0 Å². The highest BCUT2D eigenvalue weighted by atomic mass is 79.9. The van der Waals surface area contributed by atoms with Crippen LogP contribution in [0.25, 0.3) is 0 Å². The first-order valence-corrected chi connectivity index (χ1v) is 7.22. The lowest BCUT2D eigenvalue weighted by Gasteiger charge is -2.24. The molecule has 0 aliphatic carbocycles. The Morgan fingerprint density at radius 1 is 1.53 bits per heavy atom. The van der Waals surface area contributed by atoms with Crippen LogP contribution in [0.4, 0.5) is 5.69 Å². The normalized spacial score (nSPS) is 12.1. The molecular formula is C14H21BrN2O2. The molecule has 0 aromatic heterocycles. The molecule has 1 amide bonds. The molecule has 1 aromatic rings. The summed E-state index contributed by atoms with van der Waals surface area (Å²) < 4.78 is 0.859. The summed E-state index contributed by atoms with van der Waals surface area (Å²) in [6.07, 6.45) is 0.453. The highest BCUT2D eigenvalue weighted by Crippen LogP contribution is 2.28. The summed E-state index contributed by atoms with van der Waals surface area (Å²) >= 11 is 3.46. The lowest BCUT2D eigenvalue weighted by molar-refractivity contribution is -0.119. The maximum Gasteiger partial charge on any atom is 0.239 e. The number of benzene rings is 1. The molecule has 0 spiro atoms. The number of carbonyl (C=O) groups is 1. The van der Waals surface area contributed by atoms with Crippen molar-refractivity contribution in [1.82, 2.24) is 5.32 Å². The molecule has 0 saturated carbocycles. The number of aliphatic hydroxyl groups excluding tert-OH is 1. The van der Waals surface area contributed by atoms with Crippen molar-refractivity contribution >= 4 is 27.5 Å². The van der Waals surface area contributed by atoms with Gasteiger partial charge in [0.05, 0.1) is 12.6 Å². The average molecular weight is 329 g/mol. The van der Waals surface area contributed by atoms with Gasteiger partial charge in [0, 0.05) is 23.8 Å². The van der Waals surface area contributed by atoms with E-state index in [1.807, 2.05) is 23.1 Å². The van der Waals surface area contributed by atoms with Gasteiger partial charge < -0.3 is 15.3 Å². The summed E-state index contributed by atoms with van der Waals surface area (Å²) in [6, 6.07) is 5.77. The van der Waals surface area contributed by atoms with Crippen LogP contribution in [0.3, 0.4) is 0 Å². The maximum absolute atomic E-state index is 11.5. The number of amides is 1. The van der Waals surface area contributed by atoms with E-state index in [9.17, 15) is 9.90 Å². The second kappa shape index (κ2) is 7.50. The van der Waals surface area contributed by atoms with E-state index >= 15 is 0 Å². The fraction of sp³-hybridized carbons (Fsp3) is 0.500. The first-order chi connectivity index (χ1) is 8.99. The molecule has 0 aliphatic heterocycles. The highest BCUT2D eigenvalue weighted by molar-refractivity contribution is 9.10. The Morgan fingerprint density at radius 3 is 2.68 bits per heavy atom. The summed E-state index contributed by atoms with van der Waals surface area (Å²) in [5.41, 5.74) is 1.82. The van der Waals surface area contributed by atoms with Gasteiger partial charge in [0.25, 0.3) is 0 Å². The molecule has 4 nitrogen and oxygen atoms in total. The van der Waals surface area contributed by atoms with Crippen LogP contribution >= 0.6 is 15.9 Å².